The molecule has 0 bridgehead atoms. The molecular formula is C24H28N4O2. The number of amides is 1. The quantitative estimate of drug-likeness (QED) is 0.548. The number of likely N-dealkylation sites (N-methyl/N-ethyl adjacent to an activating group) is 1. The van der Waals surface area contributed by atoms with Gasteiger partial charge in [0, 0.05) is 47.5 Å². The number of methoxy groups -OCH3 is 1. The molecule has 2 aromatic carbocycles. The molecule has 1 amide bonds. The smallest absolute Gasteiger partial charge is 0.270 e. The minimum absolute atomic E-state index is 0.0243. The van der Waals surface area contributed by atoms with Crippen LogP contribution < -0.4 is 10.1 Å². The molecule has 1 atom stereocenters. The van der Waals surface area contributed by atoms with Gasteiger partial charge in [-0.3, -0.25) is 9.78 Å². The lowest BCUT2D eigenvalue weighted by molar-refractivity contribution is 0.0931. The van der Waals surface area contributed by atoms with Crippen molar-refractivity contribution in [3.05, 3.63) is 47.8 Å². The Labute approximate surface area is 176 Å². The van der Waals surface area contributed by atoms with Crippen molar-refractivity contribution in [2.24, 2.45) is 7.05 Å². The second-order valence-corrected chi connectivity index (χ2v) is 8.23. The summed E-state index contributed by atoms with van der Waals surface area (Å²) in [5, 5.41) is 7.19. The zero-order valence-corrected chi connectivity index (χ0v) is 18.4. The number of pyridine rings is 1. The number of carbonyl (C=O) groups is 1. The van der Waals surface area contributed by atoms with E-state index in [1.54, 1.807) is 13.3 Å². The van der Waals surface area contributed by atoms with Crippen LogP contribution in [0.2, 0.25) is 0 Å². The average molecular weight is 405 g/mol. The molecule has 0 aliphatic rings. The predicted octanol–water partition coefficient (Wildman–Crippen LogP) is 3.88. The van der Waals surface area contributed by atoms with Crippen molar-refractivity contribution < 1.29 is 9.53 Å². The van der Waals surface area contributed by atoms with Crippen LogP contribution in [-0.4, -0.2) is 54.1 Å². The van der Waals surface area contributed by atoms with Crippen molar-refractivity contribution in [3.8, 4) is 5.75 Å². The minimum Gasteiger partial charge on any atom is -0.497 e. The summed E-state index contributed by atoms with van der Waals surface area (Å²) in [4.78, 5) is 19.6. The largest absolute Gasteiger partial charge is 0.497 e. The summed E-state index contributed by atoms with van der Waals surface area (Å²) in [7, 11) is 7.74. The molecule has 0 unspecified atom stereocenters. The van der Waals surface area contributed by atoms with Gasteiger partial charge in [0.15, 0.2) is 0 Å². The van der Waals surface area contributed by atoms with Gasteiger partial charge in [-0.2, -0.15) is 0 Å². The number of fused-ring (bicyclic) bond motifs is 4. The van der Waals surface area contributed by atoms with Gasteiger partial charge in [0.1, 0.15) is 11.4 Å². The molecule has 0 saturated heterocycles. The van der Waals surface area contributed by atoms with E-state index in [4.69, 9.17) is 4.74 Å². The molecule has 2 aromatic heterocycles. The number of hydrogen-bond acceptors (Lipinski definition) is 4. The van der Waals surface area contributed by atoms with Gasteiger partial charge in [-0.1, -0.05) is 0 Å². The number of aryl methyl sites for hydroxylation is 2. The highest BCUT2D eigenvalue weighted by Gasteiger charge is 2.19. The number of nitrogens with one attached hydrogen (secondary N) is 1. The SMILES string of the molecule is COc1ccc2c(c1)c1cc3c(C(=O)N[C@@H](C)CN(C)C)nccc3c(C)c1n2C. The van der Waals surface area contributed by atoms with Crippen molar-refractivity contribution in [3.63, 3.8) is 0 Å². The number of aromatic nitrogens is 2. The number of ether oxygens (including phenoxy) is 1. The van der Waals surface area contributed by atoms with Crippen LogP contribution in [0.15, 0.2) is 36.5 Å². The van der Waals surface area contributed by atoms with Crippen molar-refractivity contribution in [1.29, 1.82) is 0 Å². The fourth-order valence-corrected chi connectivity index (χ4v) is 4.46. The zero-order chi connectivity index (χ0) is 21.6. The first-order valence-electron chi connectivity index (χ1n) is 10.1. The fourth-order valence-electron chi connectivity index (χ4n) is 4.46. The van der Waals surface area contributed by atoms with E-state index in [0.717, 1.165) is 50.4 Å². The number of nitrogens with zero attached hydrogens (tertiary/aromatic N) is 3. The first-order valence-corrected chi connectivity index (χ1v) is 10.1. The predicted molar refractivity (Wildman–Crippen MR) is 122 cm³/mol. The average Bonchev–Trinajstić information content (AvgIpc) is 2.98. The van der Waals surface area contributed by atoms with Gasteiger partial charge in [0.2, 0.25) is 0 Å². The highest BCUT2D eigenvalue weighted by molar-refractivity contribution is 6.17. The topological polar surface area (TPSA) is 59.4 Å². The molecule has 6 heteroatoms. The molecule has 0 saturated carbocycles. The summed E-state index contributed by atoms with van der Waals surface area (Å²) < 4.78 is 7.65. The van der Waals surface area contributed by atoms with Crippen LogP contribution in [0.25, 0.3) is 32.6 Å². The molecule has 6 nitrogen and oxygen atoms in total. The minimum atomic E-state index is -0.147. The Morgan fingerprint density at radius 2 is 1.93 bits per heavy atom. The summed E-state index contributed by atoms with van der Waals surface area (Å²) in [5.41, 5.74) is 3.88. The highest BCUT2D eigenvalue weighted by Crippen LogP contribution is 2.37. The van der Waals surface area contributed by atoms with Gasteiger partial charge in [0.05, 0.1) is 12.6 Å². The summed E-state index contributed by atoms with van der Waals surface area (Å²) in [6.45, 7) is 4.88. The Bertz CT molecular complexity index is 1270. The molecule has 2 heterocycles. The van der Waals surface area contributed by atoms with Crippen LogP contribution in [0, 0.1) is 6.92 Å². The summed E-state index contributed by atoms with van der Waals surface area (Å²) >= 11 is 0. The van der Waals surface area contributed by atoms with Crippen molar-refractivity contribution >= 4 is 38.5 Å². The molecule has 0 aliphatic heterocycles. The van der Waals surface area contributed by atoms with Gasteiger partial charge in [-0.05, 0) is 69.2 Å². The molecule has 1 N–H and O–H groups in total. The van der Waals surface area contributed by atoms with Crippen LogP contribution in [-0.2, 0) is 7.05 Å². The van der Waals surface area contributed by atoms with E-state index in [-0.39, 0.29) is 11.9 Å². The van der Waals surface area contributed by atoms with E-state index in [1.165, 1.54) is 0 Å². The first kappa shape index (κ1) is 20.2. The zero-order valence-electron chi connectivity index (χ0n) is 18.4. The second kappa shape index (κ2) is 7.61. The maximum Gasteiger partial charge on any atom is 0.270 e. The van der Waals surface area contributed by atoms with Crippen molar-refractivity contribution in [2.75, 3.05) is 27.7 Å². The molecule has 0 radical (unpaired) electrons. The van der Waals surface area contributed by atoms with Crippen LogP contribution >= 0.6 is 0 Å². The standard InChI is InChI=1S/C24H28N4O2/c1-14(13-27(3)4)26-24(29)22-19-12-20-18-11-16(30-6)7-8-21(18)28(5)23(20)15(2)17(19)9-10-25-22/h7-12,14H,13H2,1-6H3,(H,26,29)/t14-/m0/s1. The third-order valence-electron chi connectivity index (χ3n) is 5.72. The Morgan fingerprint density at radius 3 is 2.63 bits per heavy atom. The van der Waals surface area contributed by atoms with Crippen LogP contribution in [0.4, 0.5) is 0 Å². The van der Waals surface area contributed by atoms with E-state index in [2.05, 4.69) is 51.9 Å². The van der Waals surface area contributed by atoms with Gasteiger partial charge in [0.25, 0.3) is 5.91 Å². The second-order valence-electron chi connectivity index (χ2n) is 8.23. The highest BCUT2D eigenvalue weighted by atomic mass is 16.5. The number of rotatable bonds is 5. The number of hydrogen-bond donors (Lipinski definition) is 1. The first-order chi connectivity index (χ1) is 14.3. The molecule has 4 aromatic rings. The number of carbonyl (C=O) groups excluding carboxylic acids is 1. The monoisotopic (exact) mass is 404 g/mol. The van der Waals surface area contributed by atoms with Crippen LogP contribution in [0.5, 0.6) is 5.75 Å². The lowest BCUT2D eigenvalue weighted by Gasteiger charge is -2.18. The van der Waals surface area contributed by atoms with Gasteiger partial charge >= 0.3 is 0 Å². The molecule has 156 valence electrons. The molecule has 4 rings (SSSR count). The van der Waals surface area contributed by atoms with E-state index in [1.807, 2.05) is 33.2 Å². The van der Waals surface area contributed by atoms with Gasteiger partial charge < -0.3 is 19.5 Å². The van der Waals surface area contributed by atoms with Crippen LogP contribution in [0.3, 0.4) is 0 Å². The Kier molecular flexibility index (Phi) is 5.12. The van der Waals surface area contributed by atoms with Gasteiger partial charge in [-0.25, -0.2) is 0 Å². The van der Waals surface area contributed by atoms with E-state index in [9.17, 15) is 4.79 Å². The lowest BCUT2D eigenvalue weighted by atomic mass is 10.00. The van der Waals surface area contributed by atoms with Crippen molar-refractivity contribution in [2.45, 2.75) is 19.9 Å². The fraction of sp³-hybridized carbons (Fsp3) is 0.333. The van der Waals surface area contributed by atoms with E-state index >= 15 is 0 Å². The molecule has 30 heavy (non-hydrogen) atoms. The van der Waals surface area contributed by atoms with E-state index < -0.39 is 0 Å². The van der Waals surface area contributed by atoms with Crippen LogP contribution in [0.1, 0.15) is 23.0 Å². The van der Waals surface area contributed by atoms with Gasteiger partial charge in [-0.15, -0.1) is 0 Å². The van der Waals surface area contributed by atoms with Crippen molar-refractivity contribution in [1.82, 2.24) is 19.8 Å². The maximum absolute atomic E-state index is 13.0. The normalized spacial score (nSPS) is 12.8. The molecular weight excluding hydrogens is 376 g/mol. The third kappa shape index (κ3) is 3.27. The van der Waals surface area contributed by atoms with E-state index in [0.29, 0.717) is 5.69 Å². The number of benzene rings is 2. The maximum atomic E-state index is 13.0. The Morgan fingerprint density at radius 1 is 1.17 bits per heavy atom. The molecule has 0 aliphatic carbocycles. The Hall–Kier alpha value is -3.12. The lowest BCUT2D eigenvalue weighted by Crippen LogP contribution is -2.39. The Balaban J connectivity index is 1.94. The molecule has 0 spiro atoms. The third-order valence-corrected chi connectivity index (χ3v) is 5.72. The molecule has 0 fully saturated rings. The summed E-state index contributed by atoms with van der Waals surface area (Å²) in [5.74, 6) is 0.668. The summed E-state index contributed by atoms with van der Waals surface area (Å²) in [6, 6.07) is 10.2. The summed E-state index contributed by atoms with van der Waals surface area (Å²) in [6.07, 6.45) is 1.72.